The van der Waals surface area contributed by atoms with E-state index in [9.17, 15) is 9.90 Å². The number of rotatable bonds is 5. The first-order valence-corrected chi connectivity index (χ1v) is 4.59. The minimum absolute atomic E-state index is 0.0995. The van der Waals surface area contributed by atoms with Gasteiger partial charge in [0.2, 0.25) is 5.01 Å². The number of carbonyl (C=O) groups excluding carboxylic acids is 1. The number of aliphatic hydroxyl groups excluding tert-OH is 1. The SMILES string of the molecule is C#[N+]OC(=O)[C@@H](CCC([N+]#C)[N+]#C)[C@@H](O)[N+]#C. The van der Waals surface area contributed by atoms with Gasteiger partial charge in [0, 0.05) is 9.69 Å². The summed E-state index contributed by atoms with van der Waals surface area (Å²) in [5.41, 5.74) is 0. The van der Waals surface area contributed by atoms with Crippen molar-refractivity contribution >= 4 is 5.97 Å². The maximum absolute atomic E-state index is 11.3. The molecule has 0 aliphatic heterocycles. The van der Waals surface area contributed by atoms with Crippen LogP contribution in [0.4, 0.5) is 0 Å². The van der Waals surface area contributed by atoms with E-state index in [-0.39, 0.29) is 12.8 Å². The number of hydrogen-bond acceptors (Lipinski definition) is 3. The standard InChI is InChI=1S/C10H12N4O3/c1-11-8(12-2)6-5-7(9(15)13-3)10(16)17-14-4/h1-4,7-9,15H,5-6H2/q+4/t7-,9+/m0/s1. The zero-order valence-corrected chi connectivity index (χ0v) is 9.01. The zero-order valence-electron chi connectivity index (χ0n) is 9.01. The number of aliphatic hydroxyl groups is 1. The van der Waals surface area contributed by atoms with Crippen molar-refractivity contribution in [2.24, 2.45) is 5.92 Å². The summed E-state index contributed by atoms with van der Waals surface area (Å²) in [6.07, 6.45) is -1.82. The van der Waals surface area contributed by atoms with E-state index in [0.717, 1.165) is 0 Å². The first-order chi connectivity index (χ1) is 8.10. The van der Waals surface area contributed by atoms with Crippen LogP contribution in [-0.4, -0.2) is 23.5 Å². The molecule has 1 N–H and O–H groups in total. The summed E-state index contributed by atoms with van der Waals surface area (Å²) in [6, 6.07) is 0. The van der Waals surface area contributed by atoms with Crippen LogP contribution in [0, 0.1) is 32.2 Å². The Morgan fingerprint density at radius 3 is 2.12 bits per heavy atom. The van der Waals surface area contributed by atoms with E-state index < -0.39 is 24.3 Å². The van der Waals surface area contributed by atoms with Crippen molar-refractivity contribution < 1.29 is 14.7 Å². The molecule has 17 heavy (non-hydrogen) atoms. The van der Waals surface area contributed by atoms with Gasteiger partial charge in [-0.3, -0.25) is 0 Å². The number of carbonyl (C=O) groups is 1. The summed E-state index contributed by atoms with van der Waals surface area (Å²) in [5.74, 6) is -1.92. The Hall–Kier alpha value is -2.61. The molecule has 2 atom stereocenters. The third-order valence-corrected chi connectivity index (χ3v) is 2.04. The Morgan fingerprint density at radius 2 is 1.71 bits per heavy atom. The van der Waals surface area contributed by atoms with Crippen molar-refractivity contribution in [2.45, 2.75) is 25.2 Å². The third kappa shape index (κ3) is 4.62. The van der Waals surface area contributed by atoms with Gasteiger partial charge in [0.15, 0.2) is 5.92 Å². The summed E-state index contributed by atoms with van der Waals surface area (Å²) in [6.45, 7) is 19.6. The highest BCUT2D eigenvalue weighted by Crippen LogP contribution is 2.18. The molecule has 0 aromatic heterocycles. The molecule has 0 amide bonds. The Balaban J connectivity index is 4.60. The van der Waals surface area contributed by atoms with Crippen LogP contribution < -0.4 is 0 Å². The minimum atomic E-state index is -1.44. The van der Waals surface area contributed by atoms with Crippen molar-refractivity contribution in [1.82, 2.24) is 0 Å². The van der Waals surface area contributed by atoms with Crippen molar-refractivity contribution in [2.75, 3.05) is 0 Å². The average Bonchev–Trinajstić information content (AvgIpc) is 2.34. The second-order valence-corrected chi connectivity index (χ2v) is 3.04. The molecule has 0 saturated carbocycles. The lowest BCUT2D eigenvalue weighted by atomic mass is 10.0. The van der Waals surface area contributed by atoms with Crippen LogP contribution in [0.2, 0.25) is 0 Å². The van der Waals surface area contributed by atoms with Gasteiger partial charge in [-0.2, -0.15) is 0 Å². The van der Waals surface area contributed by atoms with E-state index in [0.29, 0.717) is 0 Å². The fourth-order valence-electron chi connectivity index (χ4n) is 1.13. The van der Waals surface area contributed by atoms with Crippen molar-refractivity contribution in [1.29, 1.82) is 0 Å². The largest absolute Gasteiger partial charge is 0.557 e. The molecule has 0 radical (unpaired) electrons. The van der Waals surface area contributed by atoms with Crippen molar-refractivity contribution in [3.63, 3.8) is 0 Å². The first kappa shape index (κ1) is 14.4. The van der Waals surface area contributed by atoms with E-state index in [4.69, 9.17) is 19.7 Å². The van der Waals surface area contributed by atoms with E-state index >= 15 is 0 Å². The molecule has 86 valence electrons. The summed E-state index contributed by atoms with van der Waals surface area (Å²) in [7, 11) is 0. The van der Waals surface area contributed by atoms with Crippen LogP contribution in [0.3, 0.4) is 0 Å². The van der Waals surface area contributed by atoms with E-state index in [1.54, 1.807) is 0 Å². The molecule has 0 aliphatic rings. The van der Waals surface area contributed by atoms with Crippen LogP contribution in [-0.2, 0) is 9.63 Å². The smallest absolute Gasteiger partial charge is 0.322 e. The van der Waals surface area contributed by atoms with Crippen molar-refractivity contribution in [3.8, 4) is 26.3 Å². The molecule has 0 heterocycles. The quantitative estimate of drug-likeness (QED) is 0.732. The molecule has 0 aromatic rings. The van der Waals surface area contributed by atoms with Gasteiger partial charge in [-0.1, -0.05) is 9.68 Å². The first-order valence-electron chi connectivity index (χ1n) is 4.59. The van der Waals surface area contributed by atoms with E-state index in [2.05, 4.69) is 31.0 Å². The second kappa shape index (κ2) is 7.65. The average molecular weight is 236 g/mol. The Bertz CT molecular complexity index is 420. The fraction of sp³-hybridized carbons (Fsp3) is 0.500. The zero-order chi connectivity index (χ0) is 13.3. The molecule has 0 fully saturated rings. The maximum Gasteiger partial charge on any atom is 0.557 e. The van der Waals surface area contributed by atoms with Crippen LogP contribution in [0.5, 0.6) is 0 Å². The summed E-state index contributed by atoms with van der Waals surface area (Å²) >= 11 is 0. The van der Waals surface area contributed by atoms with Gasteiger partial charge in [-0.05, 0) is 6.42 Å². The third-order valence-electron chi connectivity index (χ3n) is 2.04. The highest BCUT2D eigenvalue weighted by molar-refractivity contribution is 5.73. The van der Waals surface area contributed by atoms with Crippen LogP contribution in [0.15, 0.2) is 0 Å². The minimum Gasteiger partial charge on any atom is -0.322 e. The molecule has 0 saturated heterocycles. The van der Waals surface area contributed by atoms with Gasteiger partial charge in [0.25, 0.3) is 19.7 Å². The van der Waals surface area contributed by atoms with Gasteiger partial charge in [-0.15, -0.1) is 0 Å². The predicted octanol–water partition coefficient (Wildman–Crippen LogP) is 1.34. The molecule has 0 unspecified atom stereocenters. The van der Waals surface area contributed by atoms with Crippen LogP contribution >= 0.6 is 0 Å². The number of hydrogen-bond donors (Lipinski definition) is 1. The van der Waals surface area contributed by atoms with Crippen LogP contribution in [0.25, 0.3) is 19.5 Å². The van der Waals surface area contributed by atoms with Gasteiger partial charge in [-0.25, -0.2) is 4.79 Å². The van der Waals surface area contributed by atoms with Crippen LogP contribution in [0.1, 0.15) is 12.8 Å². The molecule has 0 spiro atoms. The molecule has 0 aliphatic carbocycles. The Kier molecular flexibility index (Phi) is 6.48. The maximum atomic E-state index is 11.3. The lowest BCUT2D eigenvalue weighted by Crippen LogP contribution is -2.27. The van der Waals surface area contributed by atoms with Crippen molar-refractivity contribution in [3.05, 3.63) is 19.5 Å². The molecular formula is C10H12N4O3+4. The molecule has 7 nitrogen and oxygen atoms in total. The normalized spacial score (nSPS) is 12.4. The number of nitrogens with zero attached hydrogens (tertiary/aromatic N) is 4. The highest BCUT2D eigenvalue weighted by atomic mass is 16.7. The second-order valence-electron chi connectivity index (χ2n) is 3.04. The molecular weight excluding hydrogens is 224 g/mol. The van der Waals surface area contributed by atoms with Gasteiger partial charge >= 0.3 is 24.9 Å². The molecule has 7 heteroatoms. The topological polar surface area (TPSA) is 64.0 Å². The molecule has 0 rings (SSSR count). The predicted molar refractivity (Wildman–Crippen MR) is 61.8 cm³/mol. The summed E-state index contributed by atoms with van der Waals surface area (Å²) < 4.78 is 0. The molecule has 0 aromatic carbocycles. The summed E-state index contributed by atoms with van der Waals surface area (Å²) in [5, 5.41) is 12.1. The Morgan fingerprint density at radius 1 is 1.12 bits per heavy atom. The van der Waals surface area contributed by atoms with Gasteiger partial charge < -0.3 is 5.11 Å². The monoisotopic (exact) mass is 236 g/mol. The Labute approximate surface area is 98.5 Å². The fourth-order valence-corrected chi connectivity index (χ4v) is 1.13. The van der Waals surface area contributed by atoms with E-state index in [1.807, 2.05) is 0 Å². The summed E-state index contributed by atoms with van der Waals surface area (Å²) in [4.78, 5) is 25.3. The van der Waals surface area contributed by atoms with Gasteiger partial charge in [0.1, 0.15) is 6.42 Å². The lowest BCUT2D eigenvalue weighted by Gasteiger charge is -2.03. The highest BCUT2D eigenvalue weighted by Gasteiger charge is 2.41. The lowest BCUT2D eigenvalue weighted by molar-refractivity contribution is -0.146. The molecule has 0 bridgehead atoms. The van der Waals surface area contributed by atoms with Gasteiger partial charge in [0.05, 0.1) is 0 Å². The van der Waals surface area contributed by atoms with E-state index in [1.165, 1.54) is 0 Å².